The number of fused-ring (bicyclic) bond motifs is 1. The molecular formula is C30H45N3O5. The first-order valence-electron chi connectivity index (χ1n) is 13.8. The number of urea groups is 1. The molecule has 0 saturated carbocycles. The van der Waals surface area contributed by atoms with Crippen molar-refractivity contribution in [3.8, 4) is 5.75 Å². The lowest BCUT2D eigenvalue weighted by Crippen LogP contribution is -2.35. The maximum Gasteiger partial charge on any atom is 0.316 e. The number of hydrogen-bond acceptors (Lipinski definition) is 6. The summed E-state index contributed by atoms with van der Waals surface area (Å²) < 4.78 is 17.3. The summed E-state index contributed by atoms with van der Waals surface area (Å²) >= 11 is 0. The molecule has 1 heterocycles. The van der Waals surface area contributed by atoms with E-state index in [2.05, 4.69) is 16.7 Å². The van der Waals surface area contributed by atoms with Crippen LogP contribution in [0.5, 0.6) is 5.75 Å². The number of nitrogens with two attached hydrogens (primary N) is 1. The minimum atomic E-state index is -0.609. The lowest BCUT2D eigenvalue weighted by Gasteiger charge is -2.33. The number of aryl methyl sites for hydroxylation is 2. The van der Waals surface area contributed by atoms with E-state index >= 15 is 0 Å². The van der Waals surface area contributed by atoms with Crippen molar-refractivity contribution in [2.45, 2.75) is 84.2 Å². The van der Waals surface area contributed by atoms with Gasteiger partial charge in [-0.25, -0.2) is 4.79 Å². The predicted molar refractivity (Wildman–Crippen MR) is 150 cm³/mol. The third-order valence-corrected chi connectivity index (χ3v) is 6.54. The second kappa shape index (κ2) is 15.1. The van der Waals surface area contributed by atoms with Gasteiger partial charge in [0.2, 0.25) is 5.79 Å². The molecule has 0 radical (unpaired) electrons. The number of amides is 2. The van der Waals surface area contributed by atoms with Gasteiger partial charge in [-0.2, -0.15) is 0 Å². The molecule has 1 aliphatic heterocycles. The van der Waals surface area contributed by atoms with Crippen LogP contribution >= 0.6 is 0 Å². The Hall–Kier alpha value is -2.65. The number of unbranched alkanes of at least 4 members (excludes halogenated alkanes) is 4. The maximum absolute atomic E-state index is 11.1. The number of anilines is 1. The zero-order valence-electron chi connectivity index (χ0n) is 23.2. The molecule has 0 aliphatic carbocycles. The molecule has 0 unspecified atom stereocenters. The maximum atomic E-state index is 11.1. The SMILES string of the molecule is Cc1cc(CCCCOCCCCCCNC[C@@H](O)c2ccc3c(c2)COC(C)(C)O3)cc(NC(N)=O)c1. The molecule has 1 aliphatic rings. The number of carbonyl (C=O) groups excluding carboxylic acids is 1. The van der Waals surface area contributed by atoms with Gasteiger partial charge in [-0.1, -0.05) is 25.0 Å². The Bertz CT molecular complexity index is 1030. The van der Waals surface area contributed by atoms with Crippen LogP contribution in [-0.2, 0) is 22.5 Å². The number of hydrogen-bond donors (Lipinski definition) is 4. The number of nitrogens with one attached hydrogen (secondary N) is 2. The molecule has 0 aromatic heterocycles. The standard InChI is InChI=1S/C30H45N3O5/c1-22-16-23(18-26(17-22)33-29(31)35)10-6-9-15-36-14-8-5-4-7-13-32-20-27(34)24-11-12-28-25(19-24)21-37-30(2,3)38-28/h11-12,16-19,27,32,34H,4-10,13-15,20-21H2,1-3H3,(H3,31,33,35)/t27-/m1/s1. The summed E-state index contributed by atoms with van der Waals surface area (Å²) in [6, 6.07) is 11.3. The van der Waals surface area contributed by atoms with Gasteiger partial charge in [-0.15, -0.1) is 0 Å². The van der Waals surface area contributed by atoms with Crippen molar-refractivity contribution in [3.05, 3.63) is 58.7 Å². The van der Waals surface area contributed by atoms with Gasteiger partial charge in [0.05, 0.1) is 12.7 Å². The smallest absolute Gasteiger partial charge is 0.316 e. The molecule has 8 heteroatoms. The molecule has 0 saturated heterocycles. The molecule has 2 amide bonds. The average molecular weight is 528 g/mol. The molecule has 8 nitrogen and oxygen atoms in total. The minimum absolute atomic E-state index is 0.492. The summed E-state index contributed by atoms with van der Waals surface area (Å²) in [6.45, 7) is 9.29. The van der Waals surface area contributed by atoms with E-state index in [4.69, 9.17) is 19.9 Å². The number of benzene rings is 2. The summed E-state index contributed by atoms with van der Waals surface area (Å²) in [5.41, 5.74) is 10.1. The molecule has 3 rings (SSSR count). The quantitative estimate of drug-likeness (QED) is 0.219. The Labute approximate surface area is 227 Å². The van der Waals surface area contributed by atoms with Crippen molar-refractivity contribution in [2.75, 3.05) is 31.6 Å². The van der Waals surface area contributed by atoms with E-state index in [0.29, 0.717) is 13.2 Å². The Morgan fingerprint density at radius 3 is 2.63 bits per heavy atom. The normalized spacial score (nSPS) is 14.9. The molecule has 2 aromatic rings. The summed E-state index contributed by atoms with van der Waals surface area (Å²) in [7, 11) is 0. The number of aliphatic hydroxyl groups is 1. The molecule has 2 aromatic carbocycles. The van der Waals surface area contributed by atoms with Crippen LogP contribution in [-0.4, -0.2) is 43.2 Å². The zero-order chi connectivity index (χ0) is 27.4. The second-order valence-electron chi connectivity index (χ2n) is 10.6. The summed E-state index contributed by atoms with van der Waals surface area (Å²) in [4.78, 5) is 11.1. The number of aliphatic hydroxyl groups excluding tert-OH is 1. The highest BCUT2D eigenvalue weighted by atomic mass is 16.7. The largest absolute Gasteiger partial charge is 0.463 e. The monoisotopic (exact) mass is 527 g/mol. The zero-order valence-corrected chi connectivity index (χ0v) is 23.2. The lowest BCUT2D eigenvalue weighted by molar-refractivity contribution is -0.180. The van der Waals surface area contributed by atoms with Crippen molar-refractivity contribution in [2.24, 2.45) is 5.73 Å². The Balaban J connectivity index is 1.16. The first-order valence-corrected chi connectivity index (χ1v) is 13.8. The number of rotatable bonds is 16. The van der Waals surface area contributed by atoms with Crippen molar-refractivity contribution >= 4 is 11.7 Å². The van der Waals surface area contributed by atoms with Crippen molar-refractivity contribution < 1.29 is 24.1 Å². The Morgan fingerprint density at radius 1 is 1.08 bits per heavy atom. The number of ether oxygens (including phenoxy) is 3. The van der Waals surface area contributed by atoms with Crippen LogP contribution in [0.1, 0.15) is 80.7 Å². The topological polar surface area (TPSA) is 115 Å². The molecule has 1 atom stereocenters. The molecule has 210 valence electrons. The molecular weight excluding hydrogens is 482 g/mol. The Kier molecular flexibility index (Phi) is 11.9. The highest BCUT2D eigenvalue weighted by Crippen LogP contribution is 2.32. The number of carbonyl (C=O) groups is 1. The minimum Gasteiger partial charge on any atom is -0.463 e. The van der Waals surface area contributed by atoms with Crippen LogP contribution in [0.25, 0.3) is 0 Å². The van der Waals surface area contributed by atoms with Crippen LogP contribution in [0.2, 0.25) is 0 Å². The van der Waals surface area contributed by atoms with Crippen molar-refractivity contribution in [1.82, 2.24) is 5.32 Å². The lowest BCUT2D eigenvalue weighted by atomic mass is 10.0. The fourth-order valence-corrected chi connectivity index (χ4v) is 4.59. The molecule has 0 spiro atoms. The third kappa shape index (κ3) is 10.6. The summed E-state index contributed by atoms with van der Waals surface area (Å²) in [5.74, 6) is 0.216. The summed E-state index contributed by atoms with van der Waals surface area (Å²) in [5, 5.41) is 16.5. The van der Waals surface area contributed by atoms with E-state index in [1.165, 1.54) is 5.56 Å². The Morgan fingerprint density at radius 2 is 1.84 bits per heavy atom. The van der Waals surface area contributed by atoms with E-state index in [1.807, 2.05) is 51.1 Å². The van der Waals surface area contributed by atoms with Gasteiger partial charge in [-0.3, -0.25) is 0 Å². The van der Waals surface area contributed by atoms with Crippen LogP contribution < -0.4 is 21.1 Å². The highest BCUT2D eigenvalue weighted by molar-refractivity contribution is 5.87. The average Bonchev–Trinajstić information content (AvgIpc) is 2.85. The van der Waals surface area contributed by atoms with Gasteiger partial charge in [0.15, 0.2) is 0 Å². The second-order valence-corrected chi connectivity index (χ2v) is 10.6. The predicted octanol–water partition coefficient (Wildman–Crippen LogP) is 5.35. The fourth-order valence-electron chi connectivity index (χ4n) is 4.59. The van der Waals surface area contributed by atoms with Crippen LogP contribution in [0.4, 0.5) is 10.5 Å². The summed E-state index contributed by atoms with van der Waals surface area (Å²) in [6.07, 6.45) is 6.89. The van der Waals surface area contributed by atoms with E-state index in [9.17, 15) is 9.90 Å². The van der Waals surface area contributed by atoms with Gasteiger partial charge in [-0.05, 0) is 86.5 Å². The fraction of sp³-hybridized carbons (Fsp3) is 0.567. The van der Waals surface area contributed by atoms with E-state index in [1.54, 1.807) is 0 Å². The third-order valence-electron chi connectivity index (χ3n) is 6.54. The van der Waals surface area contributed by atoms with Crippen molar-refractivity contribution in [3.63, 3.8) is 0 Å². The van der Waals surface area contributed by atoms with Gasteiger partial charge < -0.3 is 35.7 Å². The molecule has 5 N–H and O–H groups in total. The first-order chi connectivity index (χ1) is 18.2. The highest BCUT2D eigenvalue weighted by Gasteiger charge is 2.27. The van der Waals surface area contributed by atoms with Gasteiger partial charge in [0.25, 0.3) is 0 Å². The van der Waals surface area contributed by atoms with E-state index < -0.39 is 17.9 Å². The van der Waals surface area contributed by atoms with Gasteiger partial charge in [0.1, 0.15) is 5.75 Å². The van der Waals surface area contributed by atoms with Crippen LogP contribution in [0.15, 0.2) is 36.4 Å². The van der Waals surface area contributed by atoms with Crippen molar-refractivity contribution in [1.29, 1.82) is 0 Å². The van der Waals surface area contributed by atoms with E-state index in [0.717, 1.165) is 92.8 Å². The molecule has 0 bridgehead atoms. The number of primary amides is 1. The first kappa shape index (κ1) is 29.9. The van der Waals surface area contributed by atoms with Crippen LogP contribution in [0.3, 0.4) is 0 Å². The van der Waals surface area contributed by atoms with E-state index in [-0.39, 0.29) is 0 Å². The van der Waals surface area contributed by atoms with Gasteiger partial charge >= 0.3 is 6.03 Å². The van der Waals surface area contributed by atoms with Crippen LogP contribution in [0, 0.1) is 6.92 Å². The van der Waals surface area contributed by atoms with Gasteiger partial charge in [0, 0.05) is 44.9 Å². The molecule has 0 fully saturated rings. The molecule has 38 heavy (non-hydrogen) atoms.